The second kappa shape index (κ2) is 8.99. The van der Waals surface area contributed by atoms with Crippen LogP contribution < -0.4 is 20.3 Å². The maximum absolute atomic E-state index is 14.7. The van der Waals surface area contributed by atoms with Crippen molar-refractivity contribution in [3.05, 3.63) is 59.1 Å². The average Bonchev–Trinajstić information content (AvgIpc) is 3.43. The number of hydrogen-bond donors (Lipinski definition) is 2. The Balaban J connectivity index is 1.57. The number of nitrogens with zero attached hydrogens (tertiary/aromatic N) is 2. The highest BCUT2D eigenvalue weighted by Gasteiger charge is 2.44. The standard InChI is InChI=1S/C26H27FN4O3/c1-28-8-10-34-18-5-3-17(4-6-18)21-12-23(19-11-20(27)24(33-2)13-22(19)30-21)31-9-7-26(16-31)14-25(32)29-15-26/h3,5,11-13,28H,7-10,14-16H2,1-2H3,(H,29,32). The molecule has 1 aromatic carbocycles. The number of rotatable bonds is 7. The van der Waals surface area contributed by atoms with Crippen LogP contribution in [-0.4, -0.2) is 57.8 Å². The number of ether oxygens (including phenoxy) is 2. The van der Waals surface area contributed by atoms with Crippen LogP contribution in [0, 0.1) is 11.2 Å². The number of fused-ring (bicyclic) bond motifs is 1. The van der Waals surface area contributed by atoms with Gasteiger partial charge in [-0.15, -0.1) is 0 Å². The Kier molecular flexibility index (Phi) is 5.88. The minimum absolute atomic E-state index is 0.0793. The van der Waals surface area contributed by atoms with E-state index in [1.807, 2.05) is 25.3 Å². The zero-order valence-electron chi connectivity index (χ0n) is 19.3. The molecule has 2 saturated heterocycles. The van der Waals surface area contributed by atoms with E-state index in [-0.39, 0.29) is 17.1 Å². The van der Waals surface area contributed by atoms with Gasteiger partial charge in [-0.3, -0.25) is 4.79 Å². The normalized spacial score (nSPS) is 21.3. The molecule has 1 aromatic heterocycles. The lowest BCUT2D eigenvalue weighted by Crippen LogP contribution is -2.29. The largest absolute Gasteiger partial charge is 0.494 e. The van der Waals surface area contributed by atoms with E-state index in [1.165, 1.54) is 13.2 Å². The summed E-state index contributed by atoms with van der Waals surface area (Å²) in [5.74, 6) is 0.430. The van der Waals surface area contributed by atoms with Crippen molar-refractivity contribution in [1.29, 1.82) is 0 Å². The fraction of sp³-hybridized carbons (Fsp3) is 0.385. The summed E-state index contributed by atoms with van der Waals surface area (Å²) in [7, 11) is 3.31. The van der Waals surface area contributed by atoms with Crippen molar-refractivity contribution in [1.82, 2.24) is 15.6 Å². The van der Waals surface area contributed by atoms with Crippen LogP contribution in [0.5, 0.6) is 5.75 Å². The molecule has 34 heavy (non-hydrogen) atoms. The Morgan fingerprint density at radius 2 is 2.18 bits per heavy atom. The average molecular weight is 463 g/mol. The smallest absolute Gasteiger partial charge is 0.220 e. The lowest BCUT2D eigenvalue weighted by atomic mass is 9.86. The maximum atomic E-state index is 14.7. The van der Waals surface area contributed by atoms with Gasteiger partial charge in [-0.2, -0.15) is 0 Å². The van der Waals surface area contributed by atoms with E-state index in [9.17, 15) is 9.18 Å². The maximum Gasteiger partial charge on any atom is 0.220 e. The molecule has 1 spiro atoms. The second-order valence-electron chi connectivity index (χ2n) is 8.97. The first kappa shape index (κ1) is 22.2. The third kappa shape index (κ3) is 4.19. The van der Waals surface area contributed by atoms with Crippen LogP contribution in [0.1, 0.15) is 18.5 Å². The molecule has 2 aromatic rings. The fourth-order valence-electron chi connectivity index (χ4n) is 4.81. The zero-order chi connectivity index (χ0) is 23.7. The molecule has 3 heterocycles. The van der Waals surface area contributed by atoms with Crippen LogP contribution in [0.4, 0.5) is 10.1 Å². The van der Waals surface area contributed by atoms with Crippen LogP contribution in [0.15, 0.2) is 47.6 Å². The molecular weight excluding hydrogens is 435 g/mol. The van der Waals surface area contributed by atoms with Crippen molar-refractivity contribution in [3.8, 4) is 5.75 Å². The van der Waals surface area contributed by atoms with Crippen LogP contribution in [0.2, 0.25) is 0 Å². The third-order valence-corrected chi connectivity index (χ3v) is 6.64. The molecule has 2 N–H and O–H groups in total. The van der Waals surface area contributed by atoms with Gasteiger partial charge in [0.25, 0.3) is 0 Å². The topological polar surface area (TPSA) is 75.7 Å². The lowest BCUT2D eigenvalue weighted by molar-refractivity contribution is -0.119. The minimum Gasteiger partial charge on any atom is -0.494 e. The Labute approximate surface area is 197 Å². The second-order valence-corrected chi connectivity index (χ2v) is 8.97. The first-order chi connectivity index (χ1) is 16.5. The van der Waals surface area contributed by atoms with Gasteiger partial charge in [0, 0.05) is 55.2 Å². The minimum atomic E-state index is -0.430. The number of amides is 1. The van der Waals surface area contributed by atoms with Gasteiger partial charge in [0.1, 0.15) is 6.61 Å². The summed E-state index contributed by atoms with van der Waals surface area (Å²) in [4.78, 5) is 18.9. The van der Waals surface area contributed by atoms with Crippen LogP contribution in [0.3, 0.4) is 0 Å². The van der Waals surface area contributed by atoms with Crippen LogP contribution in [0.25, 0.3) is 16.5 Å². The highest BCUT2D eigenvalue weighted by Crippen LogP contribution is 2.42. The van der Waals surface area contributed by atoms with E-state index in [0.717, 1.165) is 37.3 Å². The molecule has 2 aliphatic heterocycles. The number of nitrogens with one attached hydrogen (secondary N) is 2. The number of carbonyl (C=O) groups excluding carboxylic acids is 1. The molecule has 7 nitrogen and oxygen atoms in total. The molecule has 8 heteroatoms. The lowest BCUT2D eigenvalue weighted by Gasteiger charge is -2.25. The van der Waals surface area contributed by atoms with Gasteiger partial charge in [0.05, 0.1) is 23.9 Å². The van der Waals surface area contributed by atoms with E-state index >= 15 is 0 Å². The summed E-state index contributed by atoms with van der Waals surface area (Å²) in [5, 5.41) is 6.72. The van der Waals surface area contributed by atoms with Gasteiger partial charge >= 0.3 is 0 Å². The van der Waals surface area contributed by atoms with Crippen molar-refractivity contribution in [3.63, 3.8) is 0 Å². The number of halogens is 1. The Bertz CT molecular complexity index is 1290. The van der Waals surface area contributed by atoms with Crippen molar-refractivity contribution in [2.45, 2.75) is 12.8 Å². The van der Waals surface area contributed by atoms with E-state index in [1.54, 1.807) is 6.07 Å². The van der Waals surface area contributed by atoms with E-state index in [4.69, 9.17) is 14.5 Å². The molecule has 3 aliphatic rings. The molecule has 0 saturated carbocycles. The number of anilines is 1. The van der Waals surface area contributed by atoms with Crippen molar-refractivity contribution in [2.24, 2.45) is 5.41 Å². The third-order valence-electron chi connectivity index (χ3n) is 6.64. The van der Waals surface area contributed by atoms with Crippen LogP contribution in [-0.2, 0) is 9.53 Å². The van der Waals surface area contributed by atoms with Gasteiger partial charge in [-0.25, -0.2) is 9.37 Å². The summed E-state index contributed by atoms with van der Waals surface area (Å²) >= 11 is 0. The molecule has 1 atom stereocenters. The number of pyridine rings is 1. The first-order valence-electron chi connectivity index (χ1n) is 11.4. The highest BCUT2D eigenvalue weighted by atomic mass is 19.1. The van der Waals surface area contributed by atoms with E-state index in [0.29, 0.717) is 41.9 Å². The van der Waals surface area contributed by atoms with Gasteiger partial charge in [0.2, 0.25) is 5.91 Å². The van der Waals surface area contributed by atoms with Gasteiger partial charge < -0.3 is 25.0 Å². The molecule has 1 unspecified atom stereocenters. The summed E-state index contributed by atoms with van der Waals surface area (Å²) < 4.78 is 25.5. The van der Waals surface area contributed by atoms with Gasteiger partial charge in [-0.1, -0.05) is 5.73 Å². The van der Waals surface area contributed by atoms with Gasteiger partial charge in [-0.05, 0) is 43.5 Å². The SMILES string of the molecule is CNCCOC1=C=C=C(c2cc(N3CCC4(CNC(=O)C4)C3)c3cc(F)c(OC)cc3n2)C=C1. The van der Waals surface area contributed by atoms with Crippen LogP contribution >= 0.6 is 0 Å². The molecule has 1 amide bonds. The quantitative estimate of drug-likeness (QED) is 0.487. The predicted molar refractivity (Wildman–Crippen MR) is 128 cm³/mol. The fourth-order valence-corrected chi connectivity index (χ4v) is 4.81. The molecule has 5 rings (SSSR count). The van der Waals surface area contributed by atoms with Crippen molar-refractivity contribution >= 4 is 28.1 Å². The number of hydrogen-bond acceptors (Lipinski definition) is 6. The number of carbonyl (C=O) groups is 1. The molecule has 0 radical (unpaired) electrons. The predicted octanol–water partition coefficient (Wildman–Crippen LogP) is 2.93. The van der Waals surface area contributed by atoms with Crippen molar-refractivity contribution in [2.75, 3.05) is 51.8 Å². The summed E-state index contributed by atoms with van der Waals surface area (Å²) in [6, 6.07) is 5.08. The van der Waals surface area contributed by atoms with E-state index in [2.05, 4.69) is 27.0 Å². The Morgan fingerprint density at radius 1 is 1.29 bits per heavy atom. The number of allylic oxidation sites excluding steroid dienone is 3. The number of benzene rings is 1. The first-order valence-corrected chi connectivity index (χ1v) is 11.4. The molecule has 1 aliphatic carbocycles. The van der Waals surface area contributed by atoms with E-state index < -0.39 is 5.82 Å². The van der Waals surface area contributed by atoms with Crippen molar-refractivity contribution < 1.29 is 18.7 Å². The number of likely N-dealkylation sites (N-methyl/N-ethyl adjacent to an activating group) is 1. The van der Waals surface area contributed by atoms with Gasteiger partial charge in [0.15, 0.2) is 17.3 Å². The Morgan fingerprint density at radius 3 is 2.88 bits per heavy atom. The zero-order valence-corrected chi connectivity index (χ0v) is 19.3. The molecular formula is C26H27FN4O3. The summed E-state index contributed by atoms with van der Waals surface area (Å²) in [6.07, 6.45) is 5.18. The highest BCUT2D eigenvalue weighted by molar-refractivity contribution is 5.95. The molecule has 2 fully saturated rings. The number of methoxy groups -OCH3 is 1. The Hall–Kier alpha value is -3.57. The summed E-state index contributed by atoms with van der Waals surface area (Å²) in [5.41, 5.74) is 9.11. The monoisotopic (exact) mass is 462 g/mol. The molecule has 0 bridgehead atoms. The molecule has 176 valence electrons. The number of aromatic nitrogens is 1. The summed E-state index contributed by atoms with van der Waals surface area (Å²) in [6.45, 7) is 3.47.